The fraction of sp³-hybridized carbons (Fsp3) is 0. The maximum absolute atomic E-state index is 2.38. The highest BCUT2D eigenvalue weighted by molar-refractivity contribution is 6.09. The molecule has 2 heteroatoms. The van der Waals surface area contributed by atoms with Gasteiger partial charge in [-0.15, -0.1) is 0 Å². The van der Waals surface area contributed by atoms with Gasteiger partial charge < -0.3 is 9.47 Å². The third-order valence-corrected chi connectivity index (χ3v) is 9.55. The van der Waals surface area contributed by atoms with Gasteiger partial charge in [-0.25, -0.2) is 0 Å². The van der Waals surface area contributed by atoms with E-state index in [1.54, 1.807) is 0 Å². The van der Waals surface area contributed by atoms with Gasteiger partial charge in [-0.2, -0.15) is 0 Å². The summed E-state index contributed by atoms with van der Waals surface area (Å²) < 4.78 is 2.38. The molecule has 9 rings (SSSR count). The number of hydrogen-bond acceptors (Lipinski definition) is 1. The standard InChI is InChI=1S/C48H34N2/c1-3-15-35(16-4-1)37-19-11-23-41(31-37)49(42-24-12-20-38(32-42)36-17-5-2-6-18-36)43-25-13-21-39(33-43)40-22-14-26-44(34-40)50-47-29-9-7-27-45(47)46-28-8-10-30-48(46)50/h1-34H. The Morgan fingerprint density at radius 3 is 1.12 bits per heavy atom. The van der Waals surface area contributed by atoms with Crippen LogP contribution < -0.4 is 4.90 Å². The summed E-state index contributed by atoms with van der Waals surface area (Å²) in [5, 5.41) is 2.53. The van der Waals surface area contributed by atoms with Crippen LogP contribution in [-0.2, 0) is 0 Å². The lowest BCUT2D eigenvalue weighted by atomic mass is 10.0. The van der Waals surface area contributed by atoms with Crippen LogP contribution in [0, 0.1) is 0 Å². The van der Waals surface area contributed by atoms with Crippen molar-refractivity contribution >= 4 is 38.9 Å². The van der Waals surface area contributed by atoms with Crippen molar-refractivity contribution in [3.8, 4) is 39.1 Å². The van der Waals surface area contributed by atoms with E-state index >= 15 is 0 Å². The zero-order chi connectivity index (χ0) is 33.3. The molecule has 0 aliphatic heterocycles. The Labute approximate surface area is 292 Å². The first kappa shape index (κ1) is 29.5. The predicted octanol–water partition coefficient (Wildman–Crippen LogP) is 13.3. The lowest BCUT2D eigenvalue weighted by Crippen LogP contribution is -2.10. The van der Waals surface area contributed by atoms with Gasteiger partial charge in [-0.1, -0.05) is 146 Å². The van der Waals surface area contributed by atoms with E-state index in [9.17, 15) is 0 Å². The average Bonchev–Trinajstić information content (AvgIpc) is 3.54. The zero-order valence-electron chi connectivity index (χ0n) is 27.5. The van der Waals surface area contributed by atoms with E-state index in [2.05, 4.69) is 216 Å². The Morgan fingerprint density at radius 1 is 0.280 bits per heavy atom. The number of nitrogens with zero attached hydrogens (tertiary/aromatic N) is 2. The highest BCUT2D eigenvalue weighted by Crippen LogP contribution is 2.40. The minimum atomic E-state index is 1.10. The summed E-state index contributed by atoms with van der Waals surface area (Å²) in [6, 6.07) is 74.1. The van der Waals surface area contributed by atoms with Gasteiger partial charge in [0.2, 0.25) is 0 Å². The smallest absolute Gasteiger partial charge is 0.0541 e. The van der Waals surface area contributed by atoms with Gasteiger partial charge in [0.1, 0.15) is 0 Å². The van der Waals surface area contributed by atoms with Crippen molar-refractivity contribution in [2.24, 2.45) is 0 Å². The molecule has 0 aliphatic rings. The SMILES string of the molecule is c1ccc(-c2cccc(N(c3cccc(-c4ccccc4)c3)c3cccc(-c4cccc(-n5c6ccccc6c6ccccc65)c4)c3)c2)cc1. The number of anilines is 3. The summed E-state index contributed by atoms with van der Waals surface area (Å²) in [4.78, 5) is 2.37. The van der Waals surface area contributed by atoms with Crippen LogP contribution in [0.25, 0.3) is 60.9 Å². The molecule has 0 aliphatic carbocycles. The van der Waals surface area contributed by atoms with Crippen molar-refractivity contribution in [1.29, 1.82) is 0 Å². The summed E-state index contributed by atoms with van der Waals surface area (Å²) >= 11 is 0. The first-order valence-electron chi connectivity index (χ1n) is 17.1. The molecule has 0 fully saturated rings. The van der Waals surface area contributed by atoms with Crippen molar-refractivity contribution in [2.75, 3.05) is 4.90 Å². The maximum atomic E-state index is 2.38. The van der Waals surface area contributed by atoms with E-state index in [0.717, 1.165) is 28.3 Å². The molecule has 0 bridgehead atoms. The molecular weight excluding hydrogens is 605 g/mol. The van der Waals surface area contributed by atoms with Crippen LogP contribution in [0.15, 0.2) is 206 Å². The predicted molar refractivity (Wildman–Crippen MR) is 212 cm³/mol. The Hall–Kier alpha value is -6.64. The average molecular weight is 639 g/mol. The third-order valence-electron chi connectivity index (χ3n) is 9.55. The monoisotopic (exact) mass is 638 g/mol. The Bertz CT molecular complexity index is 2460. The van der Waals surface area contributed by atoms with E-state index in [0.29, 0.717) is 0 Å². The van der Waals surface area contributed by atoms with Crippen molar-refractivity contribution in [3.05, 3.63) is 206 Å². The fourth-order valence-corrected chi connectivity index (χ4v) is 7.21. The number of hydrogen-bond donors (Lipinski definition) is 0. The molecule has 9 aromatic rings. The van der Waals surface area contributed by atoms with Gasteiger partial charge in [-0.3, -0.25) is 0 Å². The molecule has 0 saturated heterocycles. The lowest BCUT2D eigenvalue weighted by Gasteiger charge is -2.27. The van der Waals surface area contributed by atoms with Crippen molar-refractivity contribution in [1.82, 2.24) is 4.57 Å². The molecule has 8 aromatic carbocycles. The minimum Gasteiger partial charge on any atom is -0.310 e. The van der Waals surface area contributed by atoms with Gasteiger partial charge in [0.25, 0.3) is 0 Å². The van der Waals surface area contributed by atoms with Crippen LogP contribution in [0.2, 0.25) is 0 Å². The molecule has 50 heavy (non-hydrogen) atoms. The van der Waals surface area contributed by atoms with Crippen LogP contribution in [0.1, 0.15) is 0 Å². The van der Waals surface area contributed by atoms with Gasteiger partial charge in [0, 0.05) is 33.5 Å². The molecule has 0 radical (unpaired) electrons. The quantitative estimate of drug-likeness (QED) is 0.169. The van der Waals surface area contributed by atoms with Gasteiger partial charge >= 0.3 is 0 Å². The fourth-order valence-electron chi connectivity index (χ4n) is 7.21. The highest BCUT2D eigenvalue weighted by Gasteiger charge is 2.17. The highest BCUT2D eigenvalue weighted by atomic mass is 15.1. The van der Waals surface area contributed by atoms with Crippen LogP contribution in [0.3, 0.4) is 0 Å². The second kappa shape index (κ2) is 12.8. The van der Waals surface area contributed by atoms with Crippen LogP contribution >= 0.6 is 0 Å². The molecule has 0 saturated carbocycles. The van der Waals surface area contributed by atoms with Gasteiger partial charge in [0.05, 0.1) is 11.0 Å². The summed E-state index contributed by atoms with van der Waals surface area (Å²) in [6.45, 7) is 0. The van der Waals surface area contributed by atoms with Crippen LogP contribution in [-0.4, -0.2) is 4.57 Å². The molecule has 2 nitrogen and oxygen atoms in total. The van der Waals surface area contributed by atoms with E-state index in [1.807, 2.05) is 0 Å². The number of fused-ring (bicyclic) bond motifs is 3. The van der Waals surface area contributed by atoms with E-state index in [-0.39, 0.29) is 0 Å². The topological polar surface area (TPSA) is 8.17 Å². The second-order valence-corrected chi connectivity index (χ2v) is 12.6. The second-order valence-electron chi connectivity index (χ2n) is 12.6. The Kier molecular flexibility index (Phi) is 7.53. The number of para-hydroxylation sites is 2. The molecule has 0 atom stereocenters. The van der Waals surface area contributed by atoms with E-state index in [1.165, 1.54) is 49.6 Å². The number of benzene rings is 8. The molecule has 236 valence electrons. The van der Waals surface area contributed by atoms with Crippen molar-refractivity contribution < 1.29 is 0 Å². The normalized spacial score (nSPS) is 11.2. The summed E-state index contributed by atoms with van der Waals surface area (Å²) in [7, 11) is 0. The van der Waals surface area contributed by atoms with Crippen LogP contribution in [0.5, 0.6) is 0 Å². The summed E-state index contributed by atoms with van der Waals surface area (Å²) in [5.41, 5.74) is 14.0. The summed E-state index contributed by atoms with van der Waals surface area (Å²) in [6.07, 6.45) is 0. The Balaban J connectivity index is 1.18. The minimum absolute atomic E-state index is 1.10. The van der Waals surface area contributed by atoms with Crippen molar-refractivity contribution in [3.63, 3.8) is 0 Å². The molecule has 0 unspecified atom stereocenters. The molecule has 0 amide bonds. The summed E-state index contributed by atoms with van der Waals surface area (Å²) in [5.74, 6) is 0. The van der Waals surface area contributed by atoms with Crippen molar-refractivity contribution in [2.45, 2.75) is 0 Å². The molecule has 0 N–H and O–H groups in total. The van der Waals surface area contributed by atoms with E-state index in [4.69, 9.17) is 0 Å². The van der Waals surface area contributed by atoms with E-state index < -0.39 is 0 Å². The maximum Gasteiger partial charge on any atom is 0.0541 e. The molecule has 0 spiro atoms. The number of aromatic nitrogens is 1. The van der Waals surface area contributed by atoms with Crippen LogP contribution in [0.4, 0.5) is 17.1 Å². The number of rotatable bonds is 7. The lowest BCUT2D eigenvalue weighted by molar-refractivity contribution is 1.18. The molecule has 1 aromatic heterocycles. The third kappa shape index (κ3) is 5.43. The molecule has 1 heterocycles. The zero-order valence-corrected chi connectivity index (χ0v) is 27.5. The largest absolute Gasteiger partial charge is 0.310 e. The van der Waals surface area contributed by atoms with Gasteiger partial charge in [0.15, 0.2) is 0 Å². The first-order valence-corrected chi connectivity index (χ1v) is 17.1. The first-order chi connectivity index (χ1) is 24.8. The molecular formula is C48H34N2. The van der Waals surface area contributed by atoms with Gasteiger partial charge in [-0.05, 0) is 94.0 Å². The Morgan fingerprint density at radius 2 is 0.640 bits per heavy atom.